The van der Waals surface area contributed by atoms with E-state index in [2.05, 4.69) is 17.2 Å². The van der Waals surface area contributed by atoms with Crippen LogP contribution in [0, 0.1) is 0 Å². The number of amides is 2. The number of benzene rings is 1. The third-order valence-electron chi connectivity index (χ3n) is 2.35. The molecule has 112 valence electrons. The van der Waals surface area contributed by atoms with Gasteiger partial charge in [-0.1, -0.05) is 18.2 Å². The molecule has 21 heavy (non-hydrogen) atoms. The highest BCUT2D eigenvalue weighted by Crippen LogP contribution is 2.10. The van der Waals surface area contributed by atoms with Gasteiger partial charge in [-0.2, -0.15) is 11.8 Å². The van der Waals surface area contributed by atoms with Crippen LogP contribution in [0.25, 0.3) is 6.08 Å². The molecule has 3 N–H and O–H groups in total. The molecule has 0 heterocycles. The first-order valence-corrected chi connectivity index (χ1v) is 7.52. The lowest BCUT2D eigenvalue weighted by molar-refractivity contribution is -0.131. The Hall–Kier alpha value is -2.21. The highest BCUT2D eigenvalue weighted by Gasteiger charge is 2.00. The van der Waals surface area contributed by atoms with Gasteiger partial charge in [0.05, 0.1) is 0 Å². The highest BCUT2D eigenvalue weighted by molar-refractivity contribution is 7.99. The van der Waals surface area contributed by atoms with Crippen molar-refractivity contribution in [2.75, 3.05) is 23.4 Å². The lowest BCUT2D eigenvalue weighted by Crippen LogP contribution is -2.30. The smallest absolute Gasteiger partial charge is 0.328 e. The molecule has 0 saturated carbocycles. The Morgan fingerprint density at radius 1 is 1.29 bits per heavy atom. The van der Waals surface area contributed by atoms with Crippen LogP contribution in [0.3, 0.4) is 0 Å². The quantitative estimate of drug-likeness (QED) is 0.392. The summed E-state index contributed by atoms with van der Waals surface area (Å²) >= 11 is 1.70. The molecule has 0 radical (unpaired) electrons. The summed E-state index contributed by atoms with van der Waals surface area (Å²) in [4.78, 5) is 22.0. The zero-order valence-corrected chi connectivity index (χ0v) is 12.4. The zero-order chi connectivity index (χ0) is 15.5. The lowest BCUT2D eigenvalue weighted by Gasteiger charge is -2.07. The fourth-order valence-corrected chi connectivity index (χ4v) is 2.00. The second kappa shape index (κ2) is 9.66. The second-order valence-corrected chi connectivity index (χ2v) is 5.19. The van der Waals surface area contributed by atoms with Gasteiger partial charge < -0.3 is 15.7 Å². The third kappa shape index (κ3) is 7.84. The largest absolute Gasteiger partial charge is 0.478 e. The SMILES string of the molecule is C=CCSCCNC(=O)Nc1ccc(/C=C/C(=O)O)cc1. The molecule has 0 unspecified atom stereocenters. The minimum Gasteiger partial charge on any atom is -0.478 e. The first-order valence-electron chi connectivity index (χ1n) is 6.36. The fraction of sp³-hybridized carbons (Fsp3) is 0.200. The van der Waals surface area contributed by atoms with Crippen molar-refractivity contribution in [3.05, 3.63) is 48.6 Å². The molecule has 0 fully saturated rings. The molecule has 5 nitrogen and oxygen atoms in total. The Kier molecular flexibility index (Phi) is 7.74. The topological polar surface area (TPSA) is 78.4 Å². The molecular weight excluding hydrogens is 288 g/mol. The van der Waals surface area contributed by atoms with Gasteiger partial charge in [0.25, 0.3) is 0 Å². The van der Waals surface area contributed by atoms with Gasteiger partial charge in [0, 0.05) is 29.8 Å². The van der Waals surface area contributed by atoms with Crippen LogP contribution in [-0.4, -0.2) is 35.2 Å². The van der Waals surface area contributed by atoms with E-state index < -0.39 is 5.97 Å². The normalized spacial score (nSPS) is 10.3. The zero-order valence-electron chi connectivity index (χ0n) is 11.5. The molecule has 0 aliphatic rings. The number of urea groups is 1. The molecule has 2 amide bonds. The standard InChI is InChI=1S/C15H18N2O3S/c1-2-10-21-11-9-16-15(20)17-13-6-3-12(4-7-13)5-8-14(18)19/h2-8H,1,9-11H2,(H,18,19)(H2,16,17,20)/b8-5+. The molecule has 0 bridgehead atoms. The highest BCUT2D eigenvalue weighted by atomic mass is 32.2. The van der Waals surface area contributed by atoms with E-state index in [1.54, 1.807) is 36.0 Å². The van der Waals surface area contributed by atoms with Crippen LogP contribution in [0.2, 0.25) is 0 Å². The number of rotatable bonds is 8. The van der Waals surface area contributed by atoms with Crippen molar-refractivity contribution >= 4 is 35.5 Å². The molecule has 1 aromatic rings. The molecular formula is C15H18N2O3S. The van der Waals surface area contributed by atoms with Crippen molar-refractivity contribution in [3.63, 3.8) is 0 Å². The number of aliphatic carboxylic acids is 1. The summed E-state index contributed by atoms with van der Waals surface area (Å²) in [5, 5.41) is 14.0. The molecule has 0 aliphatic carbocycles. The van der Waals surface area contributed by atoms with Crippen LogP contribution >= 0.6 is 11.8 Å². The van der Waals surface area contributed by atoms with Crippen molar-refractivity contribution < 1.29 is 14.7 Å². The fourth-order valence-electron chi connectivity index (χ4n) is 1.42. The number of carboxylic acid groups (broad SMARTS) is 1. The van der Waals surface area contributed by atoms with Gasteiger partial charge in [0.15, 0.2) is 0 Å². The van der Waals surface area contributed by atoms with Crippen LogP contribution in [0.4, 0.5) is 10.5 Å². The van der Waals surface area contributed by atoms with E-state index in [0.717, 1.165) is 23.1 Å². The van der Waals surface area contributed by atoms with Gasteiger partial charge >= 0.3 is 12.0 Å². The van der Waals surface area contributed by atoms with Crippen molar-refractivity contribution in [1.82, 2.24) is 5.32 Å². The van der Waals surface area contributed by atoms with Crippen LogP contribution in [0.15, 0.2) is 43.0 Å². The van der Waals surface area contributed by atoms with E-state index in [4.69, 9.17) is 5.11 Å². The van der Waals surface area contributed by atoms with Gasteiger partial charge in [-0.15, -0.1) is 6.58 Å². The summed E-state index contributed by atoms with van der Waals surface area (Å²) in [6.45, 7) is 4.21. The van der Waals surface area contributed by atoms with E-state index in [1.165, 1.54) is 6.08 Å². The average molecular weight is 306 g/mol. The minimum absolute atomic E-state index is 0.261. The summed E-state index contributed by atoms with van der Waals surface area (Å²) in [5.41, 5.74) is 1.41. The molecule has 6 heteroatoms. The second-order valence-electron chi connectivity index (χ2n) is 4.04. The Bertz CT molecular complexity index is 512. The number of thioether (sulfide) groups is 1. The van der Waals surface area contributed by atoms with Crippen molar-refractivity contribution in [2.45, 2.75) is 0 Å². The predicted octanol–water partition coefficient (Wildman–Crippen LogP) is 2.83. The monoisotopic (exact) mass is 306 g/mol. The van der Waals surface area contributed by atoms with Gasteiger partial charge in [-0.3, -0.25) is 0 Å². The molecule has 0 aliphatic heterocycles. The van der Waals surface area contributed by atoms with Crippen LogP contribution in [-0.2, 0) is 4.79 Å². The van der Waals surface area contributed by atoms with Crippen molar-refractivity contribution in [1.29, 1.82) is 0 Å². The lowest BCUT2D eigenvalue weighted by atomic mass is 10.2. The molecule has 0 saturated heterocycles. The summed E-state index contributed by atoms with van der Waals surface area (Å²) in [7, 11) is 0. The molecule has 1 aromatic carbocycles. The van der Waals surface area contributed by atoms with E-state index in [0.29, 0.717) is 12.2 Å². The third-order valence-corrected chi connectivity index (χ3v) is 3.32. The Morgan fingerprint density at radius 3 is 2.62 bits per heavy atom. The van der Waals surface area contributed by atoms with E-state index in [-0.39, 0.29) is 6.03 Å². The first kappa shape index (κ1) is 16.8. The van der Waals surface area contributed by atoms with Gasteiger partial charge in [0.2, 0.25) is 0 Å². The van der Waals surface area contributed by atoms with E-state index in [9.17, 15) is 9.59 Å². The predicted molar refractivity (Wildman–Crippen MR) is 87.7 cm³/mol. The van der Waals surface area contributed by atoms with Crippen LogP contribution in [0.5, 0.6) is 0 Å². The maximum atomic E-state index is 11.6. The molecule has 1 rings (SSSR count). The van der Waals surface area contributed by atoms with Crippen molar-refractivity contribution in [3.8, 4) is 0 Å². The number of carbonyl (C=O) groups excluding carboxylic acids is 1. The van der Waals surface area contributed by atoms with Crippen molar-refractivity contribution in [2.24, 2.45) is 0 Å². The first-order chi connectivity index (χ1) is 10.1. The molecule has 0 aromatic heterocycles. The maximum Gasteiger partial charge on any atom is 0.328 e. The molecule has 0 atom stereocenters. The summed E-state index contributed by atoms with van der Waals surface area (Å²) in [5.74, 6) is 0.707. The number of hydrogen-bond acceptors (Lipinski definition) is 3. The number of carboxylic acids is 1. The van der Waals surface area contributed by atoms with Crippen LogP contribution < -0.4 is 10.6 Å². The number of hydrogen-bond donors (Lipinski definition) is 3. The van der Waals surface area contributed by atoms with Gasteiger partial charge in [0.1, 0.15) is 0 Å². The van der Waals surface area contributed by atoms with Gasteiger partial charge in [-0.25, -0.2) is 9.59 Å². The summed E-state index contributed by atoms with van der Waals surface area (Å²) < 4.78 is 0. The molecule has 0 spiro atoms. The van der Waals surface area contributed by atoms with Crippen LogP contribution in [0.1, 0.15) is 5.56 Å². The average Bonchev–Trinajstić information content (AvgIpc) is 2.46. The summed E-state index contributed by atoms with van der Waals surface area (Å²) in [6, 6.07) is 6.63. The van der Waals surface area contributed by atoms with E-state index in [1.807, 2.05) is 6.08 Å². The Labute approximate surface area is 128 Å². The Morgan fingerprint density at radius 2 is 2.00 bits per heavy atom. The summed E-state index contributed by atoms with van der Waals surface area (Å²) in [6.07, 6.45) is 4.38. The minimum atomic E-state index is -0.995. The van der Waals surface area contributed by atoms with Gasteiger partial charge in [-0.05, 0) is 23.8 Å². The number of nitrogens with one attached hydrogen (secondary N) is 2. The Balaban J connectivity index is 2.35. The van der Waals surface area contributed by atoms with E-state index >= 15 is 0 Å². The maximum absolute atomic E-state index is 11.6. The number of carbonyl (C=O) groups is 2. The number of anilines is 1.